The summed E-state index contributed by atoms with van der Waals surface area (Å²) in [6.07, 6.45) is 1.59. The van der Waals surface area contributed by atoms with Crippen LogP contribution < -0.4 is 4.74 Å². The molecule has 0 aliphatic carbocycles. The molecule has 5 nitrogen and oxygen atoms in total. The minimum absolute atomic E-state index is 0.0397. The first-order valence-electron chi connectivity index (χ1n) is 8.92. The van der Waals surface area contributed by atoms with Gasteiger partial charge in [0.05, 0.1) is 19.6 Å². The Kier molecular flexibility index (Phi) is 6.09. The Morgan fingerprint density at radius 1 is 1.28 bits per heavy atom. The van der Waals surface area contributed by atoms with Gasteiger partial charge in [-0.2, -0.15) is 0 Å². The lowest BCUT2D eigenvalue weighted by molar-refractivity contribution is -0.149. The normalized spacial score (nSPS) is 18.0. The van der Waals surface area contributed by atoms with Crippen LogP contribution in [0.25, 0.3) is 0 Å². The first-order valence-corrected chi connectivity index (χ1v) is 8.92. The molecule has 2 rings (SSSR count). The van der Waals surface area contributed by atoms with Crippen molar-refractivity contribution in [1.82, 2.24) is 4.90 Å². The molecule has 1 aliphatic rings. The summed E-state index contributed by atoms with van der Waals surface area (Å²) in [7, 11) is 1.64. The maximum atomic E-state index is 12.9. The van der Waals surface area contributed by atoms with Gasteiger partial charge in [-0.15, -0.1) is 0 Å². The number of methoxy groups -OCH3 is 1. The number of carbonyl (C=O) groups is 2. The lowest BCUT2D eigenvalue weighted by atomic mass is 9.85. The van der Waals surface area contributed by atoms with Gasteiger partial charge in [0.2, 0.25) is 0 Å². The van der Waals surface area contributed by atoms with Crippen molar-refractivity contribution in [1.29, 1.82) is 0 Å². The van der Waals surface area contributed by atoms with Gasteiger partial charge in [0, 0.05) is 24.2 Å². The number of likely N-dealkylation sites (tertiary alicyclic amines) is 1. The second kappa shape index (κ2) is 7.89. The molecule has 138 valence electrons. The van der Waals surface area contributed by atoms with E-state index in [0.29, 0.717) is 25.3 Å². The van der Waals surface area contributed by atoms with Crippen LogP contribution in [0.4, 0.5) is 0 Å². The first kappa shape index (κ1) is 19.3. The fourth-order valence-corrected chi connectivity index (χ4v) is 3.22. The Balaban J connectivity index is 2.21. The number of piperidine rings is 1. The topological polar surface area (TPSA) is 55.8 Å². The lowest BCUT2D eigenvalue weighted by Crippen LogP contribution is -2.42. The molecule has 1 atom stereocenters. The van der Waals surface area contributed by atoms with Gasteiger partial charge >= 0.3 is 5.97 Å². The maximum Gasteiger partial charge on any atom is 0.310 e. The van der Waals surface area contributed by atoms with Crippen LogP contribution in [0.5, 0.6) is 5.75 Å². The fraction of sp³-hybridized carbons (Fsp3) is 0.600. The van der Waals surface area contributed by atoms with Gasteiger partial charge < -0.3 is 14.4 Å². The predicted octanol–water partition coefficient (Wildman–Crippen LogP) is 3.41. The summed E-state index contributed by atoms with van der Waals surface area (Å²) < 4.78 is 10.6. The smallest absolute Gasteiger partial charge is 0.310 e. The van der Waals surface area contributed by atoms with Gasteiger partial charge in [0.15, 0.2) is 0 Å². The third-order valence-electron chi connectivity index (χ3n) is 4.58. The third-order valence-corrected chi connectivity index (χ3v) is 4.58. The Morgan fingerprint density at radius 3 is 2.60 bits per heavy atom. The van der Waals surface area contributed by atoms with E-state index in [1.165, 1.54) is 0 Å². The molecule has 0 saturated carbocycles. The Morgan fingerprint density at radius 2 is 2.00 bits per heavy atom. The summed E-state index contributed by atoms with van der Waals surface area (Å²) in [4.78, 5) is 26.7. The van der Waals surface area contributed by atoms with Gasteiger partial charge in [0.25, 0.3) is 5.91 Å². The molecule has 1 amide bonds. The van der Waals surface area contributed by atoms with Crippen LogP contribution in [0, 0.1) is 5.92 Å². The molecule has 1 aliphatic heterocycles. The van der Waals surface area contributed by atoms with E-state index in [1.807, 2.05) is 12.1 Å². The molecule has 25 heavy (non-hydrogen) atoms. The van der Waals surface area contributed by atoms with Crippen molar-refractivity contribution in [2.45, 2.75) is 46.0 Å². The second-order valence-electron chi connectivity index (χ2n) is 7.51. The predicted molar refractivity (Wildman–Crippen MR) is 97.0 cm³/mol. The zero-order valence-corrected chi connectivity index (χ0v) is 15.9. The van der Waals surface area contributed by atoms with E-state index in [2.05, 4.69) is 20.8 Å². The number of benzene rings is 1. The summed E-state index contributed by atoms with van der Waals surface area (Å²) in [6, 6.07) is 5.56. The molecule has 0 radical (unpaired) electrons. The van der Waals surface area contributed by atoms with Crippen LogP contribution in [0.3, 0.4) is 0 Å². The highest BCUT2D eigenvalue weighted by Crippen LogP contribution is 2.32. The second-order valence-corrected chi connectivity index (χ2v) is 7.51. The van der Waals surface area contributed by atoms with Gasteiger partial charge in [-0.05, 0) is 43.4 Å². The van der Waals surface area contributed by atoms with Crippen molar-refractivity contribution in [2.75, 3.05) is 26.8 Å². The van der Waals surface area contributed by atoms with E-state index < -0.39 is 0 Å². The van der Waals surface area contributed by atoms with Gasteiger partial charge in [-0.25, -0.2) is 0 Å². The third kappa shape index (κ3) is 4.53. The highest BCUT2D eigenvalue weighted by atomic mass is 16.5. The van der Waals surface area contributed by atoms with E-state index >= 15 is 0 Å². The number of hydrogen-bond donors (Lipinski definition) is 0. The molecule has 0 aromatic heterocycles. The molecule has 0 spiro atoms. The SMILES string of the molecule is CCOC(=O)C1CCCN(C(=O)c2ccc(OC)c(C(C)(C)C)c2)C1. The van der Waals surface area contributed by atoms with Crippen molar-refractivity contribution in [3.8, 4) is 5.75 Å². The Hall–Kier alpha value is -2.04. The van der Waals surface area contributed by atoms with Crippen molar-refractivity contribution >= 4 is 11.9 Å². The highest BCUT2D eigenvalue weighted by Gasteiger charge is 2.30. The average Bonchev–Trinajstić information content (AvgIpc) is 2.60. The van der Waals surface area contributed by atoms with Gasteiger partial charge in [0.1, 0.15) is 5.75 Å². The minimum atomic E-state index is -0.224. The van der Waals surface area contributed by atoms with E-state index in [4.69, 9.17) is 9.47 Å². The number of esters is 1. The quantitative estimate of drug-likeness (QED) is 0.783. The number of carbonyl (C=O) groups excluding carboxylic acids is 2. The van der Waals surface area contributed by atoms with Crippen molar-refractivity contribution in [2.24, 2.45) is 5.92 Å². The zero-order chi connectivity index (χ0) is 18.6. The van der Waals surface area contributed by atoms with Crippen LogP contribution in [0.1, 0.15) is 56.5 Å². The van der Waals surface area contributed by atoms with E-state index in [1.54, 1.807) is 25.0 Å². The molecule has 1 fully saturated rings. The number of hydrogen-bond acceptors (Lipinski definition) is 4. The standard InChI is InChI=1S/C20H29NO4/c1-6-25-19(23)15-8-7-11-21(13-15)18(22)14-9-10-17(24-5)16(12-14)20(2,3)4/h9-10,12,15H,6-8,11,13H2,1-5H3. The van der Waals surface area contributed by atoms with Crippen molar-refractivity contribution < 1.29 is 19.1 Å². The summed E-state index contributed by atoms with van der Waals surface area (Å²) >= 11 is 0. The molecular formula is C20H29NO4. The molecule has 1 aromatic carbocycles. The van der Waals surface area contributed by atoms with Crippen LogP contribution in [-0.4, -0.2) is 43.6 Å². The first-order chi connectivity index (χ1) is 11.8. The molecule has 1 aromatic rings. The maximum absolute atomic E-state index is 12.9. The molecule has 0 bridgehead atoms. The summed E-state index contributed by atoms with van der Waals surface area (Å²) in [5, 5.41) is 0. The monoisotopic (exact) mass is 347 g/mol. The Bertz CT molecular complexity index is 633. The van der Waals surface area contributed by atoms with Crippen LogP contribution >= 0.6 is 0 Å². The lowest BCUT2D eigenvalue weighted by Gasteiger charge is -2.32. The van der Waals surface area contributed by atoms with Crippen LogP contribution in [0.15, 0.2) is 18.2 Å². The largest absolute Gasteiger partial charge is 0.496 e. The molecule has 1 heterocycles. The van der Waals surface area contributed by atoms with Gasteiger partial charge in [-0.1, -0.05) is 20.8 Å². The van der Waals surface area contributed by atoms with E-state index in [-0.39, 0.29) is 23.2 Å². The summed E-state index contributed by atoms with van der Waals surface area (Å²) in [5.41, 5.74) is 1.51. The molecular weight excluding hydrogens is 318 g/mol. The number of ether oxygens (including phenoxy) is 2. The van der Waals surface area contributed by atoms with Crippen LogP contribution in [-0.2, 0) is 14.9 Å². The number of amides is 1. The molecule has 1 saturated heterocycles. The summed E-state index contributed by atoms with van der Waals surface area (Å²) in [6.45, 7) is 9.55. The number of rotatable bonds is 4. The molecule has 1 unspecified atom stereocenters. The zero-order valence-electron chi connectivity index (χ0n) is 15.9. The van der Waals surface area contributed by atoms with Crippen LogP contribution in [0.2, 0.25) is 0 Å². The minimum Gasteiger partial charge on any atom is -0.496 e. The van der Waals surface area contributed by atoms with E-state index in [9.17, 15) is 9.59 Å². The van der Waals surface area contributed by atoms with Crippen molar-refractivity contribution in [3.05, 3.63) is 29.3 Å². The Labute approximate surface area is 150 Å². The average molecular weight is 347 g/mol. The molecule has 0 N–H and O–H groups in total. The highest BCUT2D eigenvalue weighted by molar-refractivity contribution is 5.95. The van der Waals surface area contributed by atoms with E-state index in [0.717, 1.165) is 24.2 Å². The summed E-state index contributed by atoms with van der Waals surface area (Å²) in [5.74, 6) is 0.317. The fourth-order valence-electron chi connectivity index (χ4n) is 3.22. The number of nitrogens with zero attached hydrogens (tertiary/aromatic N) is 1. The molecule has 5 heteroatoms. The van der Waals surface area contributed by atoms with Crippen molar-refractivity contribution in [3.63, 3.8) is 0 Å². The van der Waals surface area contributed by atoms with Gasteiger partial charge in [-0.3, -0.25) is 9.59 Å².